The molecule has 0 bridgehead atoms. The standard InChI is InChI=1S/C5H10N2O.C4H8O/c1-6-3-5(8)7(2)4-6;1-3-4(2)5/h3-4H2,1-2H3;3H2,1-2H3. The van der Waals surface area contributed by atoms with E-state index in [9.17, 15) is 9.59 Å². The number of hydrogen-bond acceptors (Lipinski definition) is 3. The lowest BCUT2D eigenvalue weighted by Gasteiger charge is -2.06. The van der Waals surface area contributed by atoms with Crippen LogP contribution in [0.2, 0.25) is 0 Å². The third kappa shape index (κ3) is 5.36. The summed E-state index contributed by atoms with van der Waals surface area (Å²) in [5.41, 5.74) is 0. The van der Waals surface area contributed by atoms with Crippen molar-refractivity contribution in [3.63, 3.8) is 0 Å². The summed E-state index contributed by atoms with van der Waals surface area (Å²) in [6.45, 7) is 4.79. The van der Waals surface area contributed by atoms with Crippen LogP contribution in [0, 0.1) is 0 Å². The van der Waals surface area contributed by atoms with Crippen LogP contribution in [-0.2, 0) is 9.59 Å². The van der Waals surface area contributed by atoms with Gasteiger partial charge in [0, 0.05) is 13.5 Å². The van der Waals surface area contributed by atoms with Crippen molar-refractivity contribution in [3.8, 4) is 0 Å². The molecule has 0 unspecified atom stereocenters. The minimum absolute atomic E-state index is 0.215. The van der Waals surface area contributed by atoms with Crippen molar-refractivity contribution in [2.75, 3.05) is 27.3 Å². The SMILES string of the molecule is CCC(C)=O.CN1CC(=O)N(C)C1. The molecule has 0 N–H and O–H groups in total. The number of carbonyl (C=O) groups is 2. The lowest BCUT2D eigenvalue weighted by Crippen LogP contribution is -2.20. The van der Waals surface area contributed by atoms with Crippen LogP contribution in [0.25, 0.3) is 0 Å². The smallest absolute Gasteiger partial charge is 0.237 e. The van der Waals surface area contributed by atoms with E-state index in [0.717, 1.165) is 6.67 Å². The zero-order chi connectivity index (χ0) is 10.4. The second-order valence-corrected chi connectivity index (χ2v) is 3.30. The minimum Gasteiger partial charge on any atom is -0.332 e. The molecule has 0 aromatic heterocycles. The normalized spacial score (nSPS) is 16.9. The van der Waals surface area contributed by atoms with Crippen molar-refractivity contribution in [1.82, 2.24) is 9.80 Å². The number of nitrogens with zero attached hydrogens (tertiary/aromatic N) is 2. The molecule has 1 saturated heterocycles. The maximum absolute atomic E-state index is 10.7. The van der Waals surface area contributed by atoms with Gasteiger partial charge in [0.05, 0.1) is 13.2 Å². The largest absolute Gasteiger partial charge is 0.332 e. The zero-order valence-electron chi connectivity index (χ0n) is 8.83. The molecular weight excluding hydrogens is 168 g/mol. The Labute approximate surface area is 79.5 Å². The van der Waals surface area contributed by atoms with Gasteiger partial charge in [-0.2, -0.15) is 0 Å². The molecule has 1 aliphatic rings. The number of carbonyl (C=O) groups excluding carboxylic acids is 2. The molecule has 0 atom stereocenters. The molecule has 0 spiro atoms. The highest BCUT2D eigenvalue weighted by Gasteiger charge is 2.19. The third-order valence-corrected chi connectivity index (χ3v) is 1.78. The minimum atomic E-state index is 0.215. The fraction of sp³-hybridized carbons (Fsp3) is 0.778. The number of rotatable bonds is 1. The second kappa shape index (κ2) is 5.70. The van der Waals surface area contributed by atoms with Crippen LogP contribution in [0.5, 0.6) is 0 Å². The fourth-order valence-corrected chi connectivity index (χ4v) is 0.843. The van der Waals surface area contributed by atoms with E-state index in [1.807, 2.05) is 25.9 Å². The van der Waals surface area contributed by atoms with Crippen LogP contribution in [0.1, 0.15) is 20.3 Å². The summed E-state index contributed by atoms with van der Waals surface area (Å²) >= 11 is 0. The number of likely N-dealkylation sites (N-methyl/N-ethyl adjacent to an activating group) is 2. The molecule has 4 nitrogen and oxygen atoms in total. The first-order chi connectivity index (χ1) is 5.97. The summed E-state index contributed by atoms with van der Waals surface area (Å²) in [5, 5.41) is 0. The Morgan fingerprint density at radius 3 is 2.00 bits per heavy atom. The maximum Gasteiger partial charge on any atom is 0.237 e. The summed E-state index contributed by atoms with van der Waals surface area (Å²) in [4.78, 5) is 24.2. The molecule has 0 aliphatic carbocycles. The Morgan fingerprint density at radius 1 is 1.46 bits per heavy atom. The Balaban J connectivity index is 0.000000252. The number of ketones is 1. The summed E-state index contributed by atoms with van der Waals surface area (Å²) in [5.74, 6) is 0.470. The van der Waals surface area contributed by atoms with Crippen molar-refractivity contribution in [1.29, 1.82) is 0 Å². The van der Waals surface area contributed by atoms with E-state index in [1.54, 1.807) is 11.8 Å². The molecule has 1 heterocycles. The predicted molar refractivity (Wildman–Crippen MR) is 51.2 cm³/mol. The van der Waals surface area contributed by atoms with Crippen LogP contribution < -0.4 is 0 Å². The van der Waals surface area contributed by atoms with Gasteiger partial charge < -0.3 is 9.69 Å². The molecule has 0 radical (unpaired) electrons. The highest BCUT2D eigenvalue weighted by molar-refractivity contribution is 5.79. The van der Waals surface area contributed by atoms with E-state index in [0.29, 0.717) is 13.0 Å². The first-order valence-corrected chi connectivity index (χ1v) is 4.39. The van der Waals surface area contributed by atoms with Crippen LogP contribution >= 0.6 is 0 Å². The van der Waals surface area contributed by atoms with E-state index in [2.05, 4.69) is 0 Å². The van der Waals surface area contributed by atoms with E-state index < -0.39 is 0 Å². The predicted octanol–water partition coefficient (Wildman–Crippen LogP) is 0.333. The molecule has 1 rings (SSSR count). The van der Waals surface area contributed by atoms with Gasteiger partial charge in [0.2, 0.25) is 5.91 Å². The molecule has 4 heteroatoms. The van der Waals surface area contributed by atoms with Crippen molar-refractivity contribution in [2.24, 2.45) is 0 Å². The van der Waals surface area contributed by atoms with E-state index in [4.69, 9.17) is 0 Å². The third-order valence-electron chi connectivity index (χ3n) is 1.78. The van der Waals surface area contributed by atoms with Gasteiger partial charge >= 0.3 is 0 Å². The molecule has 0 aromatic carbocycles. The van der Waals surface area contributed by atoms with Gasteiger partial charge in [0.1, 0.15) is 5.78 Å². The number of hydrogen-bond donors (Lipinski definition) is 0. The van der Waals surface area contributed by atoms with Gasteiger partial charge in [-0.05, 0) is 14.0 Å². The molecule has 1 fully saturated rings. The maximum atomic E-state index is 10.7. The van der Waals surface area contributed by atoms with E-state index >= 15 is 0 Å². The van der Waals surface area contributed by atoms with Gasteiger partial charge in [-0.3, -0.25) is 9.69 Å². The molecule has 1 aliphatic heterocycles. The lowest BCUT2D eigenvalue weighted by atomic mass is 10.4. The average molecular weight is 186 g/mol. The summed E-state index contributed by atoms with van der Waals surface area (Å²) in [7, 11) is 3.74. The monoisotopic (exact) mass is 186 g/mol. The van der Waals surface area contributed by atoms with Crippen LogP contribution in [0.15, 0.2) is 0 Å². The highest BCUT2D eigenvalue weighted by Crippen LogP contribution is 1.98. The molecule has 13 heavy (non-hydrogen) atoms. The van der Waals surface area contributed by atoms with Crippen molar-refractivity contribution >= 4 is 11.7 Å². The molecular formula is C9H18N2O2. The van der Waals surface area contributed by atoms with Gasteiger partial charge in [-0.1, -0.05) is 6.92 Å². The highest BCUT2D eigenvalue weighted by atomic mass is 16.2. The van der Waals surface area contributed by atoms with Crippen molar-refractivity contribution < 1.29 is 9.59 Å². The number of amides is 1. The van der Waals surface area contributed by atoms with Gasteiger partial charge in [0.15, 0.2) is 0 Å². The molecule has 0 aromatic rings. The van der Waals surface area contributed by atoms with Gasteiger partial charge in [-0.25, -0.2) is 0 Å². The first kappa shape index (κ1) is 12.1. The Morgan fingerprint density at radius 2 is 1.92 bits per heavy atom. The van der Waals surface area contributed by atoms with Crippen LogP contribution in [-0.4, -0.2) is 48.8 Å². The quantitative estimate of drug-likeness (QED) is 0.592. The number of Topliss-reactive ketones (excluding diaryl/α,β-unsaturated/α-hetero) is 1. The Hall–Kier alpha value is -0.900. The van der Waals surface area contributed by atoms with Crippen molar-refractivity contribution in [3.05, 3.63) is 0 Å². The van der Waals surface area contributed by atoms with Crippen LogP contribution in [0.4, 0.5) is 0 Å². The first-order valence-electron chi connectivity index (χ1n) is 4.39. The second-order valence-electron chi connectivity index (χ2n) is 3.30. The molecule has 0 saturated carbocycles. The van der Waals surface area contributed by atoms with E-state index in [-0.39, 0.29) is 11.7 Å². The molecule has 76 valence electrons. The Bertz CT molecular complexity index is 192. The topological polar surface area (TPSA) is 40.6 Å². The van der Waals surface area contributed by atoms with Gasteiger partial charge in [-0.15, -0.1) is 0 Å². The van der Waals surface area contributed by atoms with Gasteiger partial charge in [0.25, 0.3) is 0 Å². The summed E-state index contributed by atoms with van der Waals surface area (Å²) < 4.78 is 0. The zero-order valence-corrected chi connectivity index (χ0v) is 8.83. The fourth-order valence-electron chi connectivity index (χ4n) is 0.843. The lowest BCUT2D eigenvalue weighted by molar-refractivity contribution is -0.125. The van der Waals surface area contributed by atoms with Crippen LogP contribution in [0.3, 0.4) is 0 Å². The van der Waals surface area contributed by atoms with Crippen molar-refractivity contribution in [2.45, 2.75) is 20.3 Å². The summed E-state index contributed by atoms with van der Waals surface area (Å²) in [6.07, 6.45) is 0.667. The van der Waals surface area contributed by atoms with E-state index in [1.165, 1.54) is 0 Å². The molecule has 1 amide bonds. The summed E-state index contributed by atoms with van der Waals surface area (Å²) in [6, 6.07) is 0. The average Bonchev–Trinajstić information content (AvgIpc) is 2.31. The Kier molecular flexibility index (Phi) is 5.30.